The highest BCUT2D eigenvalue weighted by Gasteiger charge is 2.21. The Kier molecular flexibility index (Phi) is 3.82. The Balaban J connectivity index is 2.35. The van der Waals surface area contributed by atoms with Gasteiger partial charge in [0, 0.05) is 16.8 Å². The zero-order valence-corrected chi connectivity index (χ0v) is 13.7. The van der Waals surface area contributed by atoms with Gasteiger partial charge in [0.1, 0.15) is 5.65 Å². The molecule has 0 spiro atoms. The summed E-state index contributed by atoms with van der Waals surface area (Å²) < 4.78 is 1.95. The topological polar surface area (TPSA) is 41.1 Å². The standard InChI is InChI=1S/C17H13Cl2N3/c1-10-5-6-22-15(7-10)21-16(17(22)11(2)9-20)13-4-3-12(18)8-14(13)19/h3-8,11H,1-2H3. The second-order valence-corrected chi connectivity index (χ2v) is 6.10. The maximum absolute atomic E-state index is 9.36. The minimum Gasteiger partial charge on any atom is -0.302 e. The lowest BCUT2D eigenvalue weighted by Gasteiger charge is -2.08. The second-order valence-electron chi connectivity index (χ2n) is 5.25. The van der Waals surface area contributed by atoms with Crippen molar-refractivity contribution in [3.63, 3.8) is 0 Å². The molecule has 110 valence electrons. The number of imidazole rings is 1. The highest BCUT2D eigenvalue weighted by atomic mass is 35.5. The summed E-state index contributed by atoms with van der Waals surface area (Å²) in [4.78, 5) is 4.69. The fourth-order valence-electron chi connectivity index (χ4n) is 2.52. The van der Waals surface area contributed by atoms with Gasteiger partial charge in [-0.2, -0.15) is 5.26 Å². The van der Waals surface area contributed by atoms with Crippen molar-refractivity contribution in [3.8, 4) is 17.3 Å². The Morgan fingerprint density at radius 3 is 2.68 bits per heavy atom. The minimum atomic E-state index is -0.306. The van der Waals surface area contributed by atoms with Gasteiger partial charge in [0.05, 0.1) is 28.4 Å². The van der Waals surface area contributed by atoms with E-state index in [2.05, 4.69) is 11.1 Å². The predicted octanol–water partition coefficient (Wildman–Crippen LogP) is 5.24. The van der Waals surface area contributed by atoms with Crippen LogP contribution in [0.3, 0.4) is 0 Å². The molecule has 1 aromatic carbocycles. The van der Waals surface area contributed by atoms with Crippen molar-refractivity contribution in [2.45, 2.75) is 19.8 Å². The maximum atomic E-state index is 9.36. The Bertz CT molecular complexity index is 906. The second kappa shape index (κ2) is 5.64. The number of aryl methyl sites for hydroxylation is 1. The van der Waals surface area contributed by atoms with Gasteiger partial charge in [-0.1, -0.05) is 23.2 Å². The summed E-state index contributed by atoms with van der Waals surface area (Å²) in [5.74, 6) is -0.306. The lowest BCUT2D eigenvalue weighted by atomic mass is 10.0. The van der Waals surface area contributed by atoms with E-state index >= 15 is 0 Å². The monoisotopic (exact) mass is 329 g/mol. The van der Waals surface area contributed by atoms with Crippen LogP contribution < -0.4 is 0 Å². The summed E-state index contributed by atoms with van der Waals surface area (Å²) in [6.45, 7) is 3.87. The molecule has 0 saturated carbocycles. The maximum Gasteiger partial charge on any atom is 0.137 e. The van der Waals surface area contributed by atoms with Gasteiger partial charge < -0.3 is 4.40 Å². The van der Waals surface area contributed by atoms with E-state index in [9.17, 15) is 5.26 Å². The van der Waals surface area contributed by atoms with Gasteiger partial charge in [-0.3, -0.25) is 0 Å². The largest absolute Gasteiger partial charge is 0.302 e. The molecule has 0 amide bonds. The van der Waals surface area contributed by atoms with E-state index in [-0.39, 0.29) is 5.92 Å². The van der Waals surface area contributed by atoms with Crippen molar-refractivity contribution in [1.29, 1.82) is 5.26 Å². The van der Waals surface area contributed by atoms with Crippen LogP contribution in [0.2, 0.25) is 10.0 Å². The van der Waals surface area contributed by atoms with Crippen LogP contribution >= 0.6 is 23.2 Å². The van der Waals surface area contributed by atoms with Crippen LogP contribution in [-0.2, 0) is 0 Å². The van der Waals surface area contributed by atoms with Gasteiger partial charge in [0.15, 0.2) is 0 Å². The van der Waals surface area contributed by atoms with Crippen molar-refractivity contribution in [3.05, 3.63) is 57.8 Å². The molecule has 0 aliphatic heterocycles. The smallest absolute Gasteiger partial charge is 0.137 e. The number of halogens is 2. The third kappa shape index (κ3) is 2.45. The lowest BCUT2D eigenvalue weighted by molar-refractivity contribution is 0.899. The molecule has 0 bridgehead atoms. The predicted molar refractivity (Wildman–Crippen MR) is 89.4 cm³/mol. The van der Waals surface area contributed by atoms with Crippen molar-refractivity contribution in [2.75, 3.05) is 0 Å². The average Bonchev–Trinajstić information content (AvgIpc) is 2.84. The van der Waals surface area contributed by atoms with Crippen LogP contribution in [0.1, 0.15) is 24.1 Å². The molecular weight excluding hydrogens is 317 g/mol. The van der Waals surface area contributed by atoms with E-state index in [0.717, 1.165) is 28.2 Å². The molecule has 0 radical (unpaired) electrons. The summed E-state index contributed by atoms with van der Waals surface area (Å²) in [6, 6.07) is 11.6. The molecule has 3 rings (SSSR count). The first kappa shape index (κ1) is 14.9. The molecule has 1 unspecified atom stereocenters. The number of nitrogens with zero attached hydrogens (tertiary/aromatic N) is 3. The van der Waals surface area contributed by atoms with Gasteiger partial charge in [-0.25, -0.2) is 4.98 Å². The third-order valence-corrected chi connectivity index (χ3v) is 4.16. The van der Waals surface area contributed by atoms with Crippen molar-refractivity contribution >= 4 is 28.8 Å². The van der Waals surface area contributed by atoms with Crippen LogP contribution in [-0.4, -0.2) is 9.38 Å². The number of pyridine rings is 1. The van der Waals surface area contributed by atoms with Crippen LogP contribution in [0.4, 0.5) is 0 Å². The molecule has 0 N–H and O–H groups in total. The van der Waals surface area contributed by atoms with Crippen molar-refractivity contribution < 1.29 is 0 Å². The zero-order chi connectivity index (χ0) is 15.9. The van der Waals surface area contributed by atoms with Gasteiger partial charge in [-0.15, -0.1) is 0 Å². The van der Waals surface area contributed by atoms with Crippen LogP contribution in [0.25, 0.3) is 16.9 Å². The number of benzene rings is 1. The lowest BCUT2D eigenvalue weighted by Crippen LogP contribution is -1.98. The molecule has 3 aromatic rings. The van der Waals surface area contributed by atoms with Crippen molar-refractivity contribution in [2.24, 2.45) is 0 Å². The Hall–Kier alpha value is -2.02. The summed E-state index contributed by atoms with van der Waals surface area (Å²) in [6.07, 6.45) is 1.94. The van der Waals surface area contributed by atoms with Gasteiger partial charge in [0.25, 0.3) is 0 Å². The Morgan fingerprint density at radius 2 is 2.00 bits per heavy atom. The SMILES string of the molecule is Cc1ccn2c(C(C)C#N)c(-c3ccc(Cl)cc3Cl)nc2c1. The fraction of sp³-hybridized carbons (Fsp3) is 0.176. The Morgan fingerprint density at radius 1 is 1.23 bits per heavy atom. The van der Waals surface area contributed by atoms with E-state index in [1.807, 2.05) is 42.6 Å². The van der Waals surface area contributed by atoms with Crippen molar-refractivity contribution in [1.82, 2.24) is 9.38 Å². The molecule has 0 fully saturated rings. The summed E-state index contributed by atoms with van der Waals surface area (Å²) in [5.41, 5.74) is 4.26. The van der Waals surface area contributed by atoms with Gasteiger partial charge in [0.2, 0.25) is 0 Å². The van der Waals surface area contributed by atoms with E-state index in [4.69, 9.17) is 23.2 Å². The number of hydrogen-bond acceptors (Lipinski definition) is 2. The fourth-order valence-corrected chi connectivity index (χ4v) is 3.02. The first-order chi connectivity index (χ1) is 10.5. The summed E-state index contributed by atoms with van der Waals surface area (Å²) in [7, 11) is 0. The average molecular weight is 330 g/mol. The molecule has 0 aliphatic rings. The minimum absolute atomic E-state index is 0.306. The molecule has 1 atom stereocenters. The third-order valence-electron chi connectivity index (χ3n) is 3.61. The number of fused-ring (bicyclic) bond motifs is 1. The van der Waals surface area contributed by atoms with E-state index < -0.39 is 0 Å². The van der Waals surface area contributed by atoms with Crippen LogP contribution in [0, 0.1) is 18.3 Å². The first-order valence-electron chi connectivity index (χ1n) is 6.85. The molecular formula is C17H13Cl2N3. The molecule has 0 aliphatic carbocycles. The summed E-state index contributed by atoms with van der Waals surface area (Å²) >= 11 is 12.3. The zero-order valence-electron chi connectivity index (χ0n) is 12.1. The summed E-state index contributed by atoms with van der Waals surface area (Å²) in [5, 5.41) is 10.5. The van der Waals surface area contributed by atoms with E-state index in [1.54, 1.807) is 12.1 Å². The van der Waals surface area contributed by atoms with Crippen LogP contribution in [0.15, 0.2) is 36.5 Å². The molecule has 5 heteroatoms. The quantitative estimate of drug-likeness (QED) is 0.644. The van der Waals surface area contributed by atoms with Gasteiger partial charge >= 0.3 is 0 Å². The number of aromatic nitrogens is 2. The normalized spacial score (nSPS) is 12.3. The molecule has 2 heterocycles. The van der Waals surface area contributed by atoms with Crippen LogP contribution in [0.5, 0.6) is 0 Å². The highest BCUT2D eigenvalue weighted by Crippen LogP contribution is 2.35. The molecule has 3 nitrogen and oxygen atoms in total. The van der Waals surface area contributed by atoms with Gasteiger partial charge in [-0.05, 0) is 49.7 Å². The molecule has 2 aromatic heterocycles. The van der Waals surface area contributed by atoms with E-state index in [1.165, 1.54) is 0 Å². The first-order valence-corrected chi connectivity index (χ1v) is 7.60. The molecule has 22 heavy (non-hydrogen) atoms. The number of rotatable bonds is 2. The Labute approximate surface area is 138 Å². The van der Waals surface area contributed by atoms with E-state index in [0.29, 0.717) is 10.0 Å². The number of hydrogen-bond donors (Lipinski definition) is 0. The molecule has 0 saturated heterocycles. The number of nitriles is 1. The highest BCUT2D eigenvalue weighted by molar-refractivity contribution is 6.36.